The fraction of sp³-hybridized carbons (Fsp3) is 0.115. The molecular weight excluding hydrogens is 481 g/mol. The normalized spacial score (nSPS) is 10.5. The summed E-state index contributed by atoms with van der Waals surface area (Å²) in [5.74, 6) is 1.55. The minimum Gasteiger partial charge on any atom is -0.489 e. The summed E-state index contributed by atoms with van der Waals surface area (Å²) in [7, 11) is 1.52. The summed E-state index contributed by atoms with van der Waals surface area (Å²) in [4.78, 5) is 31.8. The van der Waals surface area contributed by atoms with Crippen LogP contribution in [0.4, 0.5) is 27.3 Å². The van der Waals surface area contributed by atoms with E-state index in [1.165, 1.54) is 13.4 Å². The molecule has 0 spiro atoms. The van der Waals surface area contributed by atoms with Gasteiger partial charge in [-0.2, -0.15) is 4.39 Å². The van der Waals surface area contributed by atoms with Crippen LogP contribution in [0.5, 0.6) is 5.75 Å². The molecule has 37 heavy (non-hydrogen) atoms. The Morgan fingerprint density at radius 2 is 2.00 bits per heavy atom. The van der Waals surface area contributed by atoms with E-state index >= 15 is 0 Å². The Hall–Kier alpha value is -5.08. The second-order valence-electron chi connectivity index (χ2n) is 7.66. The number of nitro benzene ring substituents is 1. The van der Waals surface area contributed by atoms with Crippen molar-refractivity contribution in [3.05, 3.63) is 88.0 Å². The van der Waals surface area contributed by atoms with E-state index in [-0.39, 0.29) is 30.2 Å². The third kappa shape index (κ3) is 5.77. The van der Waals surface area contributed by atoms with E-state index in [2.05, 4.69) is 26.5 Å². The van der Waals surface area contributed by atoms with Gasteiger partial charge in [-0.25, -0.2) is 9.97 Å². The molecular formula is C26H20FN5O5. The van der Waals surface area contributed by atoms with Crippen LogP contribution in [-0.4, -0.2) is 41.1 Å². The fourth-order valence-electron chi connectivity index (χ4n) is 3.45. The number of carbonyl (C=O) groups excluding carboxylic acids is 1. The fourth-order valence-corrected chi connectivity index (χ4v) is 3.45. The van der Waals surface area contributed by atoms with Crippen LogP contribution in [0.2, 0.25) is 0 Å². The Morgan fingerprint density at radius 1 is 1.16 bits per heavy atom. The second-order valence-corrected chi connectivity index (χ2v) is 7.66. The Labute approximate surface area is 210 Å². The molecule has 4 rings (SSSR count). The molecule has 0 unspecified atom stereocenters. The van der Waals surface area contributed by atoms with Gasteiger partial charge in [0.05, 0.1) is 22.7 Å². The van der Waals surface area contributed by atoms with Crippen molar-refractivity contribution >= 4 is 39.7 Å². The van der Waals surface area contributed by atoms with Gasteiger partial charge in [-0.1, -0.05) is 12.0 Å². The minimum atomic E-state index is -1.04. The standard InChI is InChI=1S/C26H20FN5O5/c1-3-16-5-4-6-18(11-16)30-25-19-13-22(24(37-10-9-36-2)14-21(19)28-15-29-25)31-26(33)17-7-8-20(27)23(12-17)32(34)35/h1,4-8,11-15H,9-10H2,2H3,(H,31,33)(H,28,29,30). The lowest BCUT2D eigenvalue weighted by atomic mass is 10.1. The number of hydrogen-bond donors (Lipinski definition) is 2. The number of rotatable bonds is 9. The van der Waals surface area contributed by atoms with Crippen molar-refractivity contribution in [3.8, 4) is 18.1 Å². The maximum absolute atomic E-state index is 13.8. The lowest BCUT2D eigenvalue weighted by Gasteiger charge is -2.15. The number of terminal acetylenes is 1. The van der Waals surface area contributed by atoms with Crippen molar-refractivity contribution in [2.45, 2.75) is 0 Å². The first kappa shape index (κ1) is 25.0. The highest BCUT2D eigenvalue weighted by atomic mass is 19.1. The van der Waals surface area contributed by atoms with E-state index in [4.69, 9.17) is 15.9 Å². The SMILES string of the molecule is C#Cc1cccc(Nc2ncnc3cc(OCCOC)c(NC(=O)c4ccc(F)c([N+](=O)[O-])c4)cc23)c1. The third-order valence-corrected chi connectivity index (χ3v) is 5.23. The second kappa shape index (κ2) is 11.1. The summed E-state index contributed by atoms with van der Waals surface area (Å²) in [5.41, 5.74) is 1.23. The number of methoxy groups -OCH3 is 1. The average Bonchev–Trinajstić information content (AvgIpc) is 2.89. The van der Waals surface area contributed by atoms with Crippen molar-refractivity contribution < 1.29 is 23.6 Å². The average molecular weight is 501 g/mol. The van der Waals surface area contributed by atoms with Crippen LogP contribution < -0.4 is 15.4 Å². The molecule has 1 aromatic heterocycles. The highest BCUT2D eigenvalue weighted by Gasteiger charge is 2.19. The number of nitrogens with zero attached hydrogens (tertiary/aromatic N) is 3. The number of carbonyl (C=O) groups is 1. The van der Waals surface area contributed by atoms with Crippen molar-refractivity contribution in [2.24, 2.45) is 0 Å². The van der Waals surface area contributed by atoms with Gasteiger partial charge in [0.2, 0.25) is 5.82 Å². The molecule has 0 saturated heterocycles. The largest absolute Gasteiger partial charge is 0.489 e. The lowest BCUT2D eigenvalue weighted by molar-refractivity contribution is -0.387. The summed E-state index contributed by atoms with van der Waals surface area (Å²) in [6.45, 7) is 0.472. The smallest absolute Gasteiger partial charge is 0.305 e. The molecule has 4 aromatic rings. The number of anilines is 3. The first-order valence-electron chi connectivity index (χ1n) is 10.9. The lowest BCUT2D eigenvalue weighted by Crippen LogP contribution is -2.14. The number of hydrogen-bond acceptors (Lipinski definition) is 8. The number of aromatic nitrogens is 2. The van der Waals surface area contributed by atoms with Crippen LogP contribution in [0.15, 0.2) is 60.9 Å². The van der Waals surface area contributed by atoms with Crippen molar-refractivity contribution in [2.75, 3.05) is 31.0 Å². The van der Waals surface area contributed by atoms with Gasteiger partial charge in [-0.15, -0.1) is 6.42 Å². The van der Waals surface area contributed by atoms with E-state index in [1.807, 2.05) is 6.07 Å². The van der Waals surface area contributed by atoms with Crippen LogP contribution >= 0.6 is 0 Å². The molecule has 0 fully saturated rings. The molecule has 0 bridgehead atoms. The molecule has 0 aliphatic heterocycles. The van der Waals surface area contributed by atoms with E-state index in [9.17, 15) is 19.3 Å². The monoisotopic (exact) mass is 501 g/mol. The molecule has 186 valence electrons. The number of halogens is 1. The molecule has 11 heteroatoms. The maximum Gasteiger partial charge on any atom is 0.305 e. The summed E-state index contributed by atoms with van der Waals surface area (Å²) >= 11 is 0. The summed E-state index contributed by atoms with van der Waals surface area (Å²) in [6.07, 6.45) is 6.87. The molecule has 0 aliphatic rings. The Bertz CT molecular complexity index is 1540. The van der Waals surface area contributed by atoms with Gasteiger partial charge in [0, 0.05) is 41.4 Å². The van der Waals surface area contributed by atoms with E-state index < -0.39 is 22.3 Å². The highest BCUT2D eigenvalue weighted by Crippen LogP contribution is 2.34. The predicted molar refractivity (Wildman–Crippen MR) is 136 cm³/mol. The van der Waals surface area contributed by atoms with E-state index in [0.29, 0.717) is 28.0 Å². The van der Waals surface area contributed by atoms with Crippen LogP contribution in [0.3, 0.4) is 0 Å². The molecule has 1 heterocycles. The predicted octanol–water partition coefficient (Wildman–Crippen LogP) is 4.68. The van der Waals surface area contributed by atoms with Crippen LogP contribution in [0, 0.1) is 28.3 Å². The minimum absolute atomic E-state index is 0.107. The zero-order valence-corrected chi connectivity index (χ0v) is 19.5. The molecule has 0 radical (unpaired) electrons. The van der Waals surface area contributed by atoms with Crippen molar-refractivity contribution in [1.82, 2.24) is 9.97 Å². The topological polar surface area (TPSA) is 129 Å². The quantitative estimate of drug-likeness (QED) is 0.146. The number of benzene rings is 3. The molecule has 2 N–H and O–H groups in total. The number of ether oxygens (including phenoxy) is 2. The van der Waals surface area contributed by atoms with E-state index in [0.717, 1.165) is 18.2 Å². The van der Waals surface area contributed by atoms with Gasteiger partial charge in [-0.05, 0) is 36.4 Å². The molecule has 3 aromatic carbocycles. The van der Waals surface area contributed by atoms with Gasteiger partial charge >= 0.3 is 5.69 Å². The molecule has 1 amide bonds. The number of nitrogens with one attached hydrogen (secondary N) is 2. The molecule has 0 atom stereocenters. The molecule has 0 aliphatic carbocycles. The molecule has 10 nitrogen and oxygen atoms in total. The third-order valence-electron chi connectivity index (χ3n) is 5.23. The highest BCUT2D eigenvalue weighted by molar-refractivity contribution is 6.07. The first-order valence-corrected chi connectivity index (χ1v) is 10.9. The van der Waals surface area contributed by atoms with Crippen molar-refractivity contribution in [1.29, 1.82) is 0 Å². The molecule has 0 saturated carbocycles. The summed E-state index contributed by atoms with van der Waals surface area (Å²) in [5, 5.41) is 17.5. The van der Waals surface area contributed by atoms with Crippen LogP contribution in [0.1, 0.15) is 15.9 Å². The van der Waals surface area contributed by atoms with Crippen molar-refractivity contribution in [3.63, 3.8) is 0 Å². The van der Waals surface area contributed by atoms with E-state index in [1.54, 1.807) is 30.3 Å². The first-order chi connectivity index (χ1) is 17.9. The zero-order valence-electron chi connectivity index (χ0n) is 19.5. The maximum atomic E-state index is 13.8. The van der Waals surface area contributed by atoms with Crippen LogP contribution in [0.25, 0.3) is 10.9 Å². The summed E-state index contributed by atoms with van der Waals surface area (Å²) < 4.78 is 24.6. The van der Waals surface area contributed by atoms with Gasteiger partial charge < -0.3 is 20.1 Å². The number of amides is 1. The van der Waals surface area contributed by atoms with Gasteiger partial charge in [0.25, 0.3) is 5.91 Å². The number of fused-ring (bicyclic) bond motifs is 1. The van der Waals surface area contributed by atoms with Gasteiger partial charge in [-0.3, -0.25) is 14.9 Å². The van der Waals surface area contributed by atoms with Gasteiger partial charge in [0.15, 0.2) is 0 Å². The Balaban J connectivity index is 1.73. The Morgan fingerprint density at radius 3 is 2.76 bits per heavy atom. The number of nitro groups is 1. The van der Waals surface area contributed by atoms with Crippen LogP contribution in [-0.2, 0) is 4.74 Å². The summed E-state index contributed by atoms with van der Waals surface area (Å²) in [6, 6.07) is 13.3. The Kier molecular flexibility index (Phi) is 7.51. The van der Waals surface area contributed by atoms with Gasteiger partial charge in [0.1, 0.15) is 24.5 Å². The zero-order chi connectivity index (χ0) is 26.4.